The van der Waals surface area contributed by atoms with E-state index in [2.05, 4.69) is 24.3 Å². The Labute approximate surface area is 109 Å². The second-order valence-electron chi connectivity index (χ2n) is 5.11. The van der Waals surface area contributed by atoms with Crippen LogP contribution in [0.2, 0.25) is 0 Å². The van der Waals surface area contributed by atoms with Gasteiger partial charge in [0.2, 0.25) is 5.88 Å². The first-order chi connectivity index (χ1) is 8.45. The average molecular weight is 255 g/mol. The summed E-state index contributed by atoms with van der Waals surface area (Å²) in [6.07, 6.45) is 0.517. The highest BCUT2D eigenvalue weighted by Gasteiger charge is 2.14. The van der Waals surface area contributed by atoms with E-state index in [1.165, 1.54) is 0 Å². The topological polar surface area (TPSA) is 59.3 Å². The Morgan fingerprint density at radius 3 is 2.67 bits per heavy atom. The summed E-state index contributed by atoms with van der Waals surface area (Å²) in [6, 6.07) is 0. The first kappa shape index (κ1) is 15.0. The highest BCUT2D eigenvalue weighted by Crippen LogP contribution is 2.20. The number of methoxy groups -OCH3 is 1. The fraction of sp³-hybridized carbons (Fsp3) is 0.769. The molecule has 0 aliphatic rings. The zero-order valence-corrected chi connectivity index (χ0v) is 12.0. The molecule has 0 fully saturated rings. The van der Waals surface area contributed by atoms with Crippen molar-refractivity contribution in [3.05, 3.63) is 11.3 Å². The molecule has 18 heavy (non-hydrogen) atoms. The van der Waals surface area contributed by atoms with Gasteiger partial charge in [-0.05, 0) is 19.3 Å². The molecule has 1 unspecified atom stereocenters. The quantitative estimate of drug-likeness (QED) is 0.769. The van der Waals surface area contributed by atoms with Crippen LogP contribution in [-0.2, 0) is 13.6 Å². The lowest BCUT2D eigenvalue weighted by atomic mass is 10.1. The number of aromatic nitrogens is 2. The molecular formula is C13H25N3O2. The molecule has 0 aromatic carbocycles. The normalized spacial score (nSPS) is 13.1. The fourth-order valence-electron chi connectivity index (χ4n) is 2.13. The van der Waals surface area contributed by atoms with Crippen molar-refractivity contribution in [1.82, 2.24) is 15.1 Å². The van der Waals surface area contributed by atoms with Gasteiger partial charge in [-0.1, -0.05) is 13.8 Å². The summed E-state index contributed by atoms with van der Waals surface area (Å²) < 4.78 is 7.05. The van der Waals surface area contributed by atoms with E-state index < -0.39 is 0 Å². The smallest absolute Gasteiger partial charge is 0.216 e. The first-order valence-corrected chi connectivity index (χ1v) is 6.41. The summed E-state index contributed by atoms with van der Waals surface area (Å²) in [5, 5.41) is 17.4. The van der Waals surface area contributed by atoms with Gasteiger partial charge in [-0.2, -0.15) is 5.10 Å². The van der Waals surface area contributed by atoms with Crippen molar-refractivity contribution < 1.29 is 9.84 Å². The Hall–Kier alpha value is -1.07. The van der Waals surface area contributed by atoms with Crippen LogP contribution in [0.25, 0.3) is 0 Å². The lowest BCUT2D eigenvalue weighted by Gasteiger charge is -2.14. The van der Waals surface area contributed by atoms with Crippen molar-refractivity contribution in [3.8, 4) is 5.88 Å². The lowest BCUT2D eigenvalue weighted by molar-refractivity contribution is 0.146. The molecule has 0 aliphatic heterocycles. The van der Waals surface area contributed by atoms with E-state index in [0.29, 0.717) is 19.0 Å². The maximum atomic E-state index is 9.78. The van der Waals surface area contributed by atoms with Gasteiger partial charge in [0.1, 0.15) is 0 Å². The molecule has 1 aromatic rings. The number of aryl methyl sites for hydroxylation is 2. The number of nitrogens with zero attached hydrogens (tertiary/aromatic N) is 2. The van der Waals surface area contributed by atoms with E-state index in [-0.39, 0.29) is 6.10 Å². The van der Waals surface area contributed by atoms with Gasteiger partial charge in [0.05, 0.1) is 24.5 Å². The van der Waals surface area contributed by atoms with E-state index >= 15 is 0 Å². The molecule has 0 saturated carbocycles. The molecule has 0 bridgehead atoms. The second-order valence-corrected chi connectivity index (χ2v) is 5.11. The number of ether oxygens (including phenoxy) is 1. The number of rotatable bonds is 7. The summed E-state index contributed by atoms with van der Waals surface area (Å²) in [5.41, 5.74) is 2.01. The van der Waals surface area contributed by atoms with Gasteiger partial charge in [-0.25, -0.2) is 4.68 Å². The Bertz CT molecular complexity index is 375. The maximum Gasteiger partial charge on any atom is 0.216 e. The number of hydrogen-bond acceptors (Lipinski definition) is 4. The zero-order valence-electron chi connectivity index (χ0n) is 12.0. The van der Waals surface area contributed by atoms with Crippen LogP contribution in [0.3, 0.4) is 0 Å². The molecule has 0 spiro atoms. The number of aliphatic hydroxyl groups is 1. The van der Waals surface area contributed by atoms with E-state index in [1.54, 1.807) is 11.8 Å². The standard InChI is InChI=1S/C13H25N3O2/c1-9(2)6-11(17)7-14-8-12-10(3)15-16(4)13(12)18-5/h9,11,14,17H,6-8H2,1-5H3. The second kappa shape index (κ2) is 6.75. The van der Waals surface area contributed by atoms with Crippen molar-refractivity contribution in [2.75, 3.05) is 13.7 Å². The molecule has 5 heteroatoms. The first-order valence-electron chi connectivity index (χ1n) is 6.41. The predicted octanol–water partition coefficient (Wildman–Crippen LogP) is 1.23. The van der Waals surface area contributed by atoms with Gasteiger partial charge in [0.15, 0.2) is 0 Å². The Balaban J connectivity index is 2.49. The summed E-state index contributed by atoms with van der Waals surface area (Å²) in [5.74, 6) is 1.29. The van der Waals surface area contributed by atoms with Crippen molar-refractivity contribution in [1.29, 1.82) is 0 Å². The van der Waals surface area contributed by atoms with Gasteiger partial charge in [0, 0.05) is 20.1 Å². The molecule has 1 aromatic heterocycles. The molecule has 1 rings (SSSR count). The van der Waals surface area contributed by atoms with Crippen molar-refractivity contribution >= 4 is 0 Å². The third-order valence-corrected chi connectivity index (χ3v) is 2.91. The Morgan fingerprint density at radius 2 is 2.11 bits per heavy atom. The Morgan fingerprint density at radius 1 is 1.44 bits per heavy atom. The minimum Gasteiger partial charge on any atom is -0.481 e. The highest BCUT2D eigenvalue weighted by molar-refractivity contribution is 5.30. The highest BCUT2D eigenvalue weighted by atomic mass is 16.5. The third-order valence-electron chi connectivity index (χ3n) is 2.91. The summed E-state index contributed by atoms with van der Waals surface area (Å²) in [7, 11) is 3.51. The van der Waals surface area contributed by atoms with Gasteiger partial charge in [-0.3, -0.25) is 0 Å². The molecule has 5 nitrogen and oxygen atoms in total. The van der Waals surface area contributed by atoms with E-state index in [1.807, 2.05) is 14.0 Å². The number of nitrogens with one attached hydrogen (secondary N) is 1. The van der Waals surface area contributed by atoms with Crippen LogP contribution < -0.4 is 10.1 Å². The van der Waals surface area contributed by atoms with Crippen LogP contribution in [0.4, 0.5) is 0 Å². The molecule has 0 saturated heterocycles. The third kappa shape index (κ3) is 3.99. The molecule has 2 N–H and O–H groups in total. The van der Waals surface area contributed by atoms with Crippen molar-refractivity contribution in [3.63, 3.8) is 0 Å². The van der Waals surface area contributed by atoms with Crippen LogP contribution >= 0.6 is 0 Å². The van der Waals surface area contributed by atoms with Crippen LogP contribution in [0.15, 0.2) is 0 Å². The maximum absolute atomic E-state index is 9.78. The molecule has 104 valence electrons. The van der Waals surface area contributed by atoms with Gasteiger partial charge >= 0.3 is 0 Å². The zero-order chi connectivity index (χ0) is 13.7. The van der Waals surface area contributed by atoms with E-state index in [9.17, 15) is 5.11 Å². The monoisotopic (exact) mass is 255 g/mol. The fourth-order valence-corrected chi connectivity index (χ4v) is 2.13. The van der Waals surface area contributed by atoms with Crippen LogP contribution in [0.5, 0.6) is 5.88 Å². The summed E-state index contributed by atoms with van der Waals surface area (Å²) in [4.78, 5) is 0. The lowest BCUT2D eigenvalue weighted by Crippen LogP contribution is -2.27. The van der Waals surface area contributed by atoms with Crippen molar-refractivity contribution in [2.24, 2.45) is 13.0 Å². The van der Waals surface area contributed by atoms with E-state index in [0.717, 1.165) is 23.6 Å². The summed E-state index contributed by atoms with van der Waals surface area (Å²) >= 11 is 0. The largest absolute Gasteiger partial charge is 0.481 e. The SMILES string of the molecule is COc1c(CNCC(O)CC(C)C)c(C)nn1C. The van der Waals surface area contributed by atoms with Gasteiger partial charge in [0.25, 0.3) is 0 Å². The minimum atomic E-state index is -0.298. The average Bonchev–Trinajstić information content (AvgIpc) is 2.52. The molecular weight excluding hydrogens is 230 g/mol. The summed E-state index contributed by atoms with van der Waals surface area (Å²) in [6.45, 7) is 7.44. The molecule has 0 radical (unpaired) electrons. The number of aliphatic hydroxyl groups excluding tert-OH is 1. The van der Waals surface area contributed by atoms with Crippen LogP contribution in [-0.4, -0.2) is 34.6 Å². The van der Waals surface area contributed by atoms with Gasteiger partial charge in [-0.15, -0.1) is 0 Å². The van der Waals surface area contributed by atoms with Crippen LogP contribution in [0.1, 0.15) is 31.5 Å². The van der Waals surface area contributed by atoms with Crippen LogP contribution in [0, 0.1) is 12.8 Å². The molecule has 1 heterocycles. The molecule has 1 atom stereocenters. The minimum absolute atomic E-state index is 0.298. The number of hydrogen-bond donors (Lipinski definition) is 2. The van der Waals surface area contributed by atoms with Gasteiger partial charge < -0.3 is 15.2 Å². The molecule has 0 aliphatic carbocycles. The van der Waals surface area contributed by atoms with Crippen molar-refractivity contribution in [2.45, 2.75) is 39.8 Å². The molecule has 0 amide bonds. The Kier molecular flexibility index (Phi) is 5.62. The predicted molar refractivity (Wildman–Crippen MR) is 71.7 cm³/mol. The van der Waals surface area contributed by atoms with E-state index in [4.69, 9.17) is 4.74 Å².